The predicted molar refractivity (Wildman–Crippen MR) is 90.8 cm³/mol. The highest BCUT2D eigenvalue weighted by molar-refractivity contribution is 7.91. The number of rotatable bonds is 4. The summed E-state index contributed by atoms with van der Waals surface area (Å²) >= 11 is 6.83. The van der Waals surface area contributed by atoms with Gasteiger partial charge >= 0.3 is 0 Å². The molecular formula is C13H19ClN2O4S3. The Bertz CT molecular complexity index is 761. The third-order valence-electron chi connectivity index (χ3n) is 4.42. The molecule has 1 saturated heterocycles. The number of piperazine rings is 1. The maximum absolute atomic E-state index is 12.6. The van der Waals surface area contributed by atoms with Crippen molar-refractivity contribution in [3.8, 4) is 0 Å². The predicted octanol–water partition coefficient (Wildman–Crippen LogP) is 1.98. The molecule has 2 fully saturated rings. The minimum Gasteiger partial charge on any atom is -0.212 e. The first-order valence-corrected chi connectivity index (χ1v) is 11.7. The fraction of sp³-hybridized carbons (Fsp3) is 0.692. The molecule has 0 atom stereocenters. The van der Waals surface area contributed by atoms with Crippen LogP contribution in [0.1, 0.15) is 25.7 Å². The lowest BCUT2D eigenvalue weighted by Gasteiger charge is -2.34. The van der Waals surface area contributed by atoms with Gasteiger partial charge in [-0.3, -0.25) is 0 Å². The summed E-state index contributed by atoms with van der Waals surface area (Å²) in [6.45, 7) is 0.807. The molecule has 10 heteroatoms. The van der Waals surface area contributed by atoms with Crippen LogP contribution in [0.25, 0.3) is 0 Å². The summed E-state index contributed by atoms with van der Waals surface area (Å²) in [5, 5.41) is -0.290. The van der Waals surface area contributed by atoms with Crippen molar-refractivity contribution in [2.75, 3.05) is 26.2 Å². The molecule has 2 aliphatic rings. The molecule has 2 heterocycles. The van der Waals surface area contributed by atoms with E-state index in [-0.39, 0.29) is 35.6 Å². The lowest BCUT2D eigenvalue weighted by molar-refractivity contribution is 0.271. The van der Waals surface area contributed by atoms with Crippen LogP contribution in [0.15, 0.2) is 16.3 Å². The Hall–Kier alpha value is -0.190. The fourth-order valence-electron chi connectivity index (χ4n) is 3.13. The average molecular weight is 399 g/mol. The van der Waals surface area contributed by atoms with Crippen molar-refractivity contribution in [3.05, 3.63) is 16.5 Å². The molecule has 0 aromatic carbocycles. The maximum atomic E-state index is 12.6. The summed E-state index contributed by atoms with van der Waals surface area (Å²) in [7, 11) is -6.88. The van der Waals surface area contributed by atoms with Crippen LogP contribution < -0.4 is 0 Å². The van der Waals surface area contributed by atoms with E-state index in [1.807, 2.05) is 0 Å². The Morgan fingerprint density at radius 3 is 2.04 bits per heavy atom. The van der Waals surface area contributed by atoms with Crippen molar-refractivity contribution < 1.29 is 16.8 Å². The summed E-state index contributed by atoms with van der Waals surface area (Å²) in [5.74, 6) is 0. The molecule has 6 nitrogen and oxygen atoms in total. The molecule has 0 N–H and O–H groups in total. The van der Waals surface area contributed by atoms with Gasteiger partial charge in [0, 0.05) is 26.2 Å². The van der Waals surface area contributed by atoms with E-state index in [0.29, 0.717) is 17.2 Å². The molecule has 1 aromatic heterocycles. The van der Waals surface area contributed by atoms with Crippen molar-refractivity contribution in [2.24, 2.45) is 0 Å². The highest BCUT2D eigenvalue weighted by atomic mass is 35.5. The molecule has 130 valence electrons. The molecule has 0 unspecified atom stereocenters. The van der Waals surface area contributed by atoms with Crippen molar-refractivity contribution in [3.63, 3.8) is 0 Å². The van der Waals surface area contributed by atoms with Crippen LogP contribution >= 0.6 is 22.9 Å². The number of nitrogens with zero attached hydrogens (tertiary/aromatic N) is 2. The Kier molecular flexibility index (Phi) is 5.06. The standard InChI is InChI=1S/C13H19ClN2O4S3/c14-12-5-6-13(21-12)23(19,20)16-9-7-15(8-10-16)22(17,18)11-3-1-2-4-11/h5-6,11H,1-4,7-10H2. The molecule has 0 amide bonds. The van der Waals surface area contributed by atoms with Gasteiger partial charge in [0.2, 0.25) is 10.0 Å². The zero-order valence-corrected chi connectivity index (χ0v) is 15.7. The third kappa shape index (κ3) is 3.45. The Balaban J connectivity index is 1.69. The summed E-state index contributed by atoms with van der Waals surface area (Å²) in [6.07, 6.45) is 3.35. The van der Waals surface area contributed by atoms with E-state index in [4.69, 9.17) is 11.6 Å². The Labute approximate surface area is 146 Å². The van der Waals surface area contributed by atoms with Crippen LogP contribution in [0.5, 0.6) is 0 Å². The molecule has 1 saturated carbocycles. The number of hydrogen-bond acceptors (Lipinski definition) is 5. The summed E-state index contributed by atoms with van der Waals surface area (Å²) in [5.41, 5.74) is 0. The van der Waals surface area contributed by atoms with Gasteiger partial charge in [0.1, 0.15) is 4.21 Å². The Morgan fingerprint density at radius 2 is 1.52 bits per heavy atom. The zero-order valence-electron chi connectivity index (χ0n) is 12.5. The van der Waals surface area contributed by atoms with E-state index < -0.39 is 20.0 Å². The largest absolute Gasteiger partial charge is 0.252 e. The molecule has 0 bridgehead atoms. The molecule has 1 aliphatic heterocycles. The van der Waals surface area contributed by atoms with Crippen LogP contribution in [0.3, 0.4) is 0 Å². The number of halogens is 1. The highest BCUT2D eigenvalue weighted by Crippen LogP contribution is 2.30. The topological polar surface area (TPSA) is 74.8 Å². The highest BCUT2D eigenvalue weighted by Gasteiger charge is 2.38. The monoisotopic (exact) mass is 398 g/mol. The number of thiophene rings is 1. The van der Waals surface area contributed by atoms with Gasteiger partial charge in [0.25, 0.3) is 10.0 Å². The molecule has 23 heavy (non-hydrogen) atoms. The molecule has 1 aliphatic carbocycles. The lowest BCUT2D eigenvalue weighted by atomic mass is 10.4. The van der Waals surface area contributed by atoms with Crippen molar-refractivity contribution in [1.29, 1.82) is 0 Å². The number of sulfonamides is 2. The molecular weight excluding hydrogens is 380 g/mol. The molecule has 0 radical (unpaired) electrons. The summed E-state index contributed by atoms with van der Waals surface area (Å²) in [6, 6.07) is 3.05. The second kappa shape index (κ2) is 6.61. The maximum Gasteiger partial charge on any atom is 0.252 e. The van der Waals surface area contributed by atoms with E-state index >= 15 is 0 Å². The molecule has 3 rings (SSSR count). The molecule has 1 aromatic rings. The zero-order chi connectivity index (χ0) is 16.7. The van der Waals surface area contributed by atoms with E-state index in [0.717, 1.165) is 24.2 Å². The smallest absolute Gasteiger partial charge is 0.212 e. The van der Waals surface area contributed by atoms with Gasteiger partial charge in [-0.05, 0) is 25.0 Å². The van der Waals surface area contributed by atoms with E-state index in [1.54, 1.807) is 6.07 Å². The first-order valence-electron chi connectivity index (χ1n) is 7.56. The minimum atomic E-state index is -3.58. The second-order valence-corrected chi connectivity index (χ2v) is 11.9. The van der Waals surface area contributed by atoms with Gasteiger partial charge in [0.15, 0.2) is 0 Å². The number of hydrogen-bond donors (Lipinski definition) is 0. The van der Waals surface area contributed by atoms with Crippen molar-refractivity contribution in [1.82, 2.24) is 8.61 Å². The van der Waals surface area contributed by atoms with Crippen LogP contribution in [-0.2, 0) is 20.0 Å². The average Bonchev–Trinajstić information content (AvgIpc) is 3.19. The third-order valence-corrected chi connectivity index (χ3v) is 10.4. The van der Waals surface area contributed by atoms with Gasteiger partial charge in [-0.2, -0.15) is 8.61 Å². The quantitative estimate of drug-likeness (QED) is 0.777. The van der Waals surface area contributed by atoms with E-state index in [2.05, 4.69) is 0 Å². The van der Waals surface area contributed by atoms with Gasteiger partial charge in [-0.1, -0.05) is 24.4 Å². The van der Waals surface area contributed by atoms with Gasteiger partial charge < -0.3 is 0 Å². The van der Waals surface area contributed by atoms with Crippen molar-refractivity contribution >= 4 is 43.0 Å². The van der Waals surface area contributed by atoms with Crippen LogP contribution in [0.4, 0.5) is 0 Å². The first-order chi connectivity index (χ1) is 10.8. The SMILES string of the molecule is O=S(=O)(c1ccc(Cl)s1)N1CCN(S(=O)(=O)C2CCCC2)CC1. The minimum absolute atomic E-state index is 0.184. The normalized spacial score (nSPS) is 22.7. The van der Waals surface area contributed by atoms with E-state index in [9.17, 15) is 16.8 Å². The lowest BCUT2D eigenvalue weighted by Crippen LogP contribution is -2.52. The van der Waals surface area contributed by atoms with Gasteiger partial charge in [-0.25, -0.2) is 16.8 Å². The Morgan fingerprint density at radius 1 is 0.957 bits per heavy atom. The first kappa shape index (κ1) is 17.6. The summed E-state index contributed by atoms with van der Waals surface area (Å²) in [4.78, 5) is 0. The van der Waals surface area contributed by atoms with E-state index in [1.165, 1.54) is 14.7 Å². The van der Waals surface area contributed by atoms with Gasteiger partial charge in [-0.15, -0.1) is 11.3 Å². The van der Waals surface area contributed by atoms with Crippen molar-refractivity contribution in [2.45, 2.75) is 35.1 Å². The molecule has 0 spiro atoms. The second-order valence-electron chi connectivity index (χ2n) is 5.81. The van der Waals surface area contributed by atoms with Crippen LogP contribution in [0, 0.1) is 0 Å². The summed E-state index contributed by atoms with van der Waals surface area (Å²) < 4.78 is 53.6. The fourth-order valence-corrected chi connectivity index (χ4v) is 8.21. The van der Waals surface area contributed by atoms with Crippen LogP contribution in [0.2, 0.25) is 4.34 Å². The van der Waals surface area contributed by atoms with Gasteiger partial charge in [0.05, 0.1) is 9.59 Å². The van der Waals surface area contributed by atoms with Crippen LogP contribution in [-0.4, -0.2) is 56.9 Å².